The molecule has 0 unspecified atom stereocenters. The molecule has 1 aromatic heterocycles. The maximum absolute atomic E-state index is 11.5. The Bertz CT molecular complexity index is 342. The van der Waals surface area contributed by atoms with Crippen molar-refractivity contribution in [2.75, 3.05) is 5.32 Å². The Kier molecular flexibility index (Phi) is 5.86. The first-order chi connectivity index (χ1) is 7.74. The van der Waals surface area contributed by atoms with E-state index in [0.717, 1.165) is 12.8 Å². The highest BCUT2D eigenvalue weighted by molar-refractivity contribution is 6.32. The fourth-order valence-corrected chi connectivity index (χ4v) is 1.57. The van der Waals surface area contributed by atoms with Gasteiger partial charge in [-0.25, -0.2) is 4.98 Å². The molecule has 1 rings (SSSR count). The van der Waals surface area contributed by atoms with Gasteiger partial charge in [0.15, 0.2) is 5.15 Å². The van der Waals surface area contributed by atoms with Gasteiger partial charge in [0.2, 0.25) is 5.91 Å². The van der Waals surface area contributed by atoms with Gasteiger partial charge < -0.3 is 5.32 Å². The van der Waals surface area contributed by atoms with Gasteiger partial charge in [-0.3, -0.25) is 4.79 Å². The minimum atomic E-state index is 0.00556. The fourth-order valence-electron chi connectivity index (χ4n) is 1.40. The first kappa shape index (κ1) is 13.0. The van der Waals surface area contributed by atoms with Crippen molar-refractivity contribution in [2.45, 2.75) is 39.0 Å². The normalized spacial score (nSPS) is 10.1. The zero-order valence-electron chi connectivity index (χ0n) is 9.50. The maximum Gasteiger partial charge on any atom is 0.224 e. The molecule has 3 nitrogen and oxygen atoms in total. The summed E-state index contributed by atoms with van der Waals surface area (Å²) in [5, 5.41) is 3.09. The SMILES string of the molecule is CCCCCCC(=O)Nc1cccnc1Cl. The minimum absolute atomic E-state index is 0.00556. The van der Waals surface area contributed by atoms with Crippen LogP contribution in [0.25, 0.3) is 0 Å². The smallest absolute Gasteiger partial charge is 0.224 e. The van der Waals surface area contributed by atoms with E-state index in [1.807, 2.05) is 0 Å². The lowest BCUT2D eigenvalue weighted by Crippen LogP contribution is -2.11. The molecular weight excluding hydrogens is 224 g/mol. The van der Waals surface area contributed by atoms with Gasteiger partial charge in [0.25, 0.3) is 0 Å². The van der Waals surface area contributed by atoms with Crippen LogP contribution in [0.5, 0.6) is 0 Å². The van der Waals surface area contributed by atoms with Crippen LogP contribution < -0.4 is 5.32 Å². The van der Waals surface area contributed by atoms with Crippen molar-refractivity contribution >= 4 is 23.2 Å². The third-order valence-corrected chi connectivity index (χ3v) is 2.59. The molecular formula is C12H17ClN2O. The topological polar surface area (TPSA) is 42.0 Å². The lowest BCUT2D eigenvalue weighted by Gasteiger charge is -2.05. The van der Waals surface area contributed by atoms with Crippen LogP contribution in [0.2, 0.25) is 5.15 Å². The highest BCUT2D eigenvalue weighted by atomic mass is 35.5. The number of anilines is 1. The maximum atomic E-state index is 11.5. The highest BCUT2D eigenvalue weighted by Gasteiger charge is 2.05. The number of rotatable bonds is 6. The third-order valence-electron chi connectivity index (χ3n) is 2.29. The number of carbonyl (C=O) groups is 1. The van der Waals surface area contributed by atoms with E-state index >= 15 is 0 Å². The third kappa shape index (κ3) is 4.62. The number of carbonyl (C=O) groups excluding carboxylic acids is 1. The van der Waals surface area contributed by atoms with Gasteiger partial charge in [-0.05, 0) is 18.6 Å². The minimum Gasteiger partial charge on any atom is -0.323 e. The van der Waals surface area contributed by atoms with Crippen LogP contribution in [-0.2, 0) is 4.79 Å². The van der Waals surface area contributed by atoms with E-state index in [1.165, 1.54) is 12.8 Å². The summed E-state index contributed by atoms with van der Waals surface area (Å²) >= 11 is 5.83. The molecule has 88 valence electrons. The number of hydrogen-bond donors (Lipinski definition) is 1. The summed E-state index contributed by atoms with van der Waals surface area (Å²) in [6, 6.07) is 3.50. The van der Waals surface area contributed by atoms with Crippen LogP contribution in [0.15, 0.2) is 18.3 Å². The average Bonchev–Trinajstić information content (AvgIpc) is 2.28. The molecule has 0 saturated heterocycles. The Morgan fingerprint density at radius 2 is 2.25 bits per heavy atom. The summed E-state index contributed by atoms with van der Waals surface area (Å²) in [5.41, 5.74) is 0.588. The summed E-state index contributed by atoms with van der Waals surface area (Å²) in [7, 11) is 0. The number of nitrogens with one attached hydrogen (secondary N) is 1. The number of nitrogens with zero attached hydrogens (tertiary/aromatic N) is 1. The number of unbranched alkanes of at least 4 members (excludes halogenated alkanes) is 3. The van der Waals surface area contributed by atoms with Gasteiger partial charge in [0.1, 0.15) is 0 Å². The van der Waals surface area contributed by atoms with E-state index < -0.39 is 0 Å². The van der Waals surface area contributed by atoms with E-state index in [0.29, 0.717) is 17.3 Å². The monoisotopic (exact) mass is 240 g/mol. The van der Waals surface area contributed by atoms with Gasteiger partial charge in [-0.2, -0.15) is 0 Å². The number of hydrogen-bond acceptors (Lipinski definition) is 2. The van der Waals surface area contributed by atoms with E-state index in [9.17, 15) is 4.79 Å². The van der Waals surface area contributed by atoms with E-state index in [-0.39, 0.29) is 5.91 Å². The molecule has 4 heteroatoms. The van der Waals surface area contributed by atoms with Crippen LogP contribution >= 0.6 is 11.6 Å². The van der Waals surface area contributed by atoms with Crippen molar-refractivity contribution < 1.29 is 4.79 Å². The predicted molar refractivity (Wildman–Crippen MR) is 66.6 cm³/mol. The molecule has 0 atom stereocenters. The fraction of sp³-hybridized carbons (Fsp3) is 0.500. The second kappa shape index (κ2) is 7.23. The average molecular weight is 241 g/mol. The van der Waals surface area contributed by atoms with Crippen LogP contribution in [-0.4, -0.2) is 10.9 Å². The highest BCUT2D eigenvalue weighted by Crippen LogP contribution is 2.17. The van der Waals surface area contributed by atoms with Gasteiger partial charge >= 0.3 is 0 Å². The van der Waals surface area contributed by atoms with Crippen molar-refractivity contribution in [3.05, 3.63) is 23.5 Å². The summed E-state index contributed by atoms with van der Waals surface area (Å²) < 4.78 is 0. The van der Waals surface area contributed by atoms with Crippen molar-refractivity contribution in [1.29, 1.82) is 0 Å². The Labute approximate surface area is 101 Å². The van der Waals surface area contributed by atoms with Crippen LogP contribution in [0, 0.1) is 0 Å². The predicted octanol–water partition coefficient (Wildman–Crippen LogP) is 3.64. The Hall–Kier alpha value is -1.09. The van der Waals surface area contributed by atoms with Crippen molar-refractivity contribution in [3.63, 3.8) is 0 Å². The van der Waals surface area contributed by atoms with Gasteiger partial charge in [0, 0.05) is 12.6 Å². The summed E-state index contributed by atoms with van der Waals surface area (Å²) in [6.07, 6.45) is 6.53. The molecule has 0 bridgehead atoms. The van der Waals surface area contributed by atoms with Gasteiger partial charge in [0.05, 0.1) is 5.69 Å². The second-order valence-corrected chi connectivity index (χ2v) is 4.06. The zero-order valence-corrected chi connectivity index (χ0v) is 10.3. The van der Waals surface area contributed by atoms with Crippen molar-refractivity contribution in [3.8, 4) is 0 Å². The van der Waals surface area contributed by atoms with Crippen LogP contribution in [0.1, 0.15) is 39.0 Å². The number of aromatic nitrogens is 1. The molecule has 0 spiro atoms. The zero-order chi connectivity index (χ0) is 11.8. The van der Waals surface area contributed by atoms with Gasteiger partial charge in [-0.1, -0.05) is 37.8 Å². The van der Waals surface area contributed by atoms with Crippen LogP contribution in [0.3, 0.4) is 0 Å². The van der Waals surface area contributed by atoms with E-state index in [1.54, 1.807) is 18.3 Å². The number of halogens is 1. The molecule has 0 radical (unpaired) electrons. The molecule has 0 aliphatic heterocycles. The molecule has 1 heterocycles. The van der Waals surface area contributed by atoms with Gasteiger partial charge in [-0.15, -0.1) is 0 Å². The van der Waals surface area contributed by atoms with Crippen LogP contribution in [0.4, 0.5) is 5.69 Å². The van der Waals surface area contributed by atoms with Crippen molar-refractivity contribution in [2.24, 2.45) is 0 Å². The second-order valence-electron chi connectivity index (χ2n) is 3.70. The van der Waals surface area contributed by atoms with Crippen molar-refractivity contribution in [1.82, 2.24) is 4.98 Å². The Morgan fingerprint density at radius 1 is 1.44 bits per heavy atom. The van der Waals surface area contributed by atoms with E-state index in [4.69, 9.17) is 11.6 Å². The first-order valence-electron chi connectivity index (χ1n) is 5.64. The summed E-state index contributed by atoms with van der Waals surface area (Å²) in [6.45, 7) is 2.15. The standard InChI is InChI=1S/C12H17ClN2O/c1-2-3-4-5-8-11(16)15-10-7-6-9-14-12(10)13/h6-7,9H,2-5,8H2,1H3,(H,15,16). The molecule has 1 N–H and O–H groups in total. The van der Waals surface area contributed by atoms with E-state index in [2.05, 4.69) is 17.2 Å². The summed E-state index contributed by atoms with van der Waals surface area (Å²) in [4.78, 5) is 15.4. The molecule has 1 aromatic rings. The molecule has 0 saturated carbocycles. The molecule has 0 aliphatic rings. The molecule has 16 heavy (non-hydrogen) atoms. The number of amides is 1. The lowest BCUT2D eigenvalue weighted by atomic mass is 10.1. The largest absolute Gasteiger partial charge is 0.323 e. The first-order valence-corrected chi connectivity index (χ1v) is 6.02. The molecule has 0 aliphatic carbocycles. The molecule has 0 aromatic carbocycles. The molecule has 0 fully saturated rings. The lowest BCUT2D eigenvalue weighted by molar-refractivity contribution is -0.116. The Morgan fingerprint density at radius 3 is 2.94 bits per heavy atom. The Balaban J connectivity index is 2.32. The summed E-state index contributed by atoms with van der Waals surface area (Å²) in [5.74, 6) is 0.00556. The quantitative estimate of drug-likeness (QED) is 0.609. The number of pyridine rings is 1. The molecule has 1 amide bonds.